The van der Waals surface area contributed by atoms with Gasteiger partial charge < -0.3 is 0 Å². The first kappa shape index (κ1) is 13.9. The summed E-state index contributed by atoms with van der Waals surface area (Å²) in [5.41, 5.74) is 0. The molecule has 0 amide bonds. The molecule has 0 aliphatic heterocycles. The first-order valence-electron chi connectivity index (χ1n) is 4.76. The van der Waals surface area contributed by atoms with Gasteiger partial charge in [0.2, 0.25) is 10.0 Å². The van der Waals surface area contributed by atoms with Gasteiger partial charge >= 0.3 is 0 Å². The van der Waals surface area contributed by atoms with Crippen LogP contribution < -0.4 is 0 Å². The number of rotatable bonds is 4. The fraction of sp³-hybridized carbons (Fsp3) is 0.300. The lowest BCUT2D eigenvalue weighted by molar-refractivity contribution is 0.456. The van der Waals surface area contributed by atoms with Crippen molar-refractivity contribution >= 4 is 21.6 Å². The van der Waals surface area contributed by atoms with E-state index in [9.17, 15) is 12.8 Å². The van der Waals surface area contributed by atoms with E-state index in [0.717, 1.165) is 10.4 Å². The Morgan fingerprint density at radius 2 is 2.18 bits per heavy atom. The van der Waals surface area contributed by atoms with Crippen molar-refractivity contribution in [3.05, 3.63) is 29.0 Å². The van der Waals surface area contributed by atoms with Crippen LogP contribution in [0.25, 0.3) is 0 Å². The van der Waals surface area contributed by atoms with E-state index in [2.05, 4.69) is 0 Å². The molecule has 0 bridgehead atoms. The van der Waals surface area contributed by atoms with Crippen LogP contribution in [0, 0.1) is 17.1 Å². The molecular formula is C10H10ClFN2O2S. The van der Waals surface area contributed by atoms with Gasteiger partial charge in [0.25, 0.3) is 0 Å². The maximum absolute atomic E-state index is 13.5. The molecular weight excluding hydrogens is 267 g/mol. The second-order valence-corrected chi connectivity index (χ2v) is 5.42. The predicted octanol–water partition coefficient (Wildman–Crippen LogP) is 2.01. The molecule has 0 aliphatic rings. The monoisotopic (exact) mass is 276 g/mol. The van der Waals surface area contributed by atoms with Crippen molar-refractivity contribution in [1.82, 2.24) is 4.31 Å². The van der Waals surface area contributed by atoms with E-state index in [0.29, 0.717) is 0 Å². The lowest BCUT2D eigenvalue weighted by Crippen LogP contribution is -2.32. The highest BCUT2D eigenvalue weighted by Gasteiger charge is 2.28. The van der Waals surface area contributed by atoms with Gasteiger partial charge in [0.1, 0.15) is 17.3 Å². The molecule has 0 saturated heterocycles. The molecule has 0 fully saturated rings. The van der Waals surface area contributed by atoms with Gasteiger partial charge in [0.05, 0.1) is 11.1 Å². The summed E-state index contributed by atoms with van der Waals surface area (Å²) in [7, 11) is -4.07. The average Bonchev–Trinajstić information content (AvgIpc) is 2.24. The Balaban J connectivity index is 3.36. The molecule has 0 saturated carbocycles. The molecule has 1 aromatic carbocycles. The lowest BCUT2D eigenvalue weighted by atomic mass is 10.3. The molecule has 0 unspecified atom stereocenters. The third-order valence-corrected chi connectivity index (χ3v) is 4.54. The zero-order chi connectivity index (χ0) is 13.1. The summed E-state index contributed by atoms with van der Waals surface area (Å²) in [6.07, 6.45) is 0. The molecule has 0 N–H and O–H groups in total. The Bertz CT molecular complexity index is 534. The summed E-state index contributed by atoms with van der Waals surface area (Å²) in [6.45, 7) is 1.29. The normalized spacial score (nSPS) is 11.5. The van der Waals surface area contributed by atoms with Gasteiger partial charge in [0, 0.05) is 6.54 Å². The van der Waals surface area contributed by atoms with Gasteiger partial charge in [-0.25, -0.2) is 12.8 Å². The summed E-state index contributed by atoms with van der Waals surface area (Å²) >= 11 is 5.69. The third kappa shape index (κ3) is 2.75. The van der Waals surface area contributed by atoms with Crippen molar-refractivity contribution in [3.63, 3.8) is 0 Å². The van der Waals surface area contributed by atoms with Crippen molar-refractivity contribution in [2.75, 3.05) is 13.1 Å². The van der Waals surface area contributed by atoms with Gasteiger partial charge in [-0.05, 0) is 12.1 Å². The SMILES string of the molecule is CCN(CC#N)S(=O)(=O)c1c(F)cccc1Cl. The molecule has 1 rings (SSSR count). The summed E-state index contributed by atoms with van der Waals surface area (Å²) in [5, 5.41) is 8.34. The van der Waals surface area contributed by atoms with Gasteiger partial charge in [-0.2, -0.15) is 9.57 Å². The van der Waals surface area contributed by atoms with Crippen LogP contribution in [0.3, 0.4) is 0 Å². The smallest absolute Gasteiger partial charge is 0.207 e. The van der Waals surface area contributed by atoms with Crippen molar-refractivity contribution in [2.24, 2.45) is 0 Å². The third-order valence-electron chi connectivity index (χ3n) is 2.12. The minimum absolute atomic E-state index is 0.0700. The molecule has 7 heteroatoms. The molecule has 0 radical (unpaired) electrons. The Kier molecular flexibility index (Phi) is 4.46. The highest BCUT2D eigenvalue weighted by Crippen LogP contribution is 2.26. The van der Waals surface area contributed by atoms with Gasteiger partial charge in [-0.15, -0.1) is 0 Å². The standard InChI is InChI=1S/C10H10ClFN2O2S/c1-2-14(7-6-13)17(15,16)10-8(11)4-3-5-9(10)12/h3-5H,2,7H2,1H3. The van der Waals surface area contributed by atoms with E-state index >= 15 is 0 Å². The molecule has 0 spiro atoms. The molecule has 4 nitrogen and oxygen atoms in total. The average molecular weight is 277 g/mol. The highest BCUT2D eigenvalue weighted by molar-refractivity contribution is 7.89. The van der Waals surface area contributed by atoms with Crippen molar-refractivity contribution < 1.29 is 12.8 Å². The van der Waals surface area contributed by atoms with Crippen LogP contribution in [0.5, 0.6) is 0 Å². The molecule has 0 aromatic heterocycles. The van der Waals surface area contributed by atoms with Crippen molar-refractivity contribution in [1.29, 1.82) is 5.26 Å². The van der Waals surface area contributed by atoms with E-state index in [4.69, 9.17) is 16.9 Å². The van der Waals surface area contributed by atoms with Crippen LogP contribution in [0.1, 0.15) is 6.92 Å². The van der Waals surface area contributed by atoms with E-state index in [-0.39, 0.29) is 18.1 Å². The number of hydrogen-bond donors (Lipinski definition) is 0. The molecule has 0 aliphatic carbocycles. The number of nitrogens with zero attached hydrogens (tertiary/aromatic N) is 2. The van der Waals surface area contributed by atoms with Crippen LogP contribution in [0.4, 0.5) is 4.39 Å². The zero-order valence-electron chi connectivity index (χ0n) is 9.02. The second kappa shape index (κ2) is 5.45. The molecule has 92 valence electrons. The summed E-state index contributed by atoms with van der Waals surface area (Å²) in [4.78, 5) is -0.584. The molecule has 1 aromatic rings. The topological polar surface area (TPSA) is 61.2 Å². The highest BCUT2D eigenvalue weighted by atomic mass is 35.5. The van der Waals surface area contributed by atoms with E-state index in [1.165, 1.54) is 12.1 Å². The fourth-order valence-corrected chi connectivity index (χ4v) is 3.21. The summed E-state index contributed by atoms with van der Waals surface area (Å²) in [6, 6.07) is 5.33. The van der Waals surface area contributed by atoms with Crippen LogP contribution >= 0.6 is 11.6 Å². The number of benzene rings is 1. The van der Waals surface area contributed by atoms with Crippen molar-refractivity contribution in [3.8, 4) is 6.07 Å². The Labute approximate surface area is 104 Å². The fourth-order valence-electron chi connectivity index (χ4n) is 1.30. The maximum atomic E-state index is 13.5. The van der Waals surface area contributed by atoms with Crippen LogP contribution in [0.15, 0.2) is 23.1 Å². The Morgan fingerprint density at radius 3 is 2.65 bits per heavy atom. The lowest BCUT2D eigenvalue weighted by Gasteiger charge is -2.18. The quantitative estimate of drug-likeness (QED) is 0.791. The minimum Gasteiger partial charge on any atom is -0.207 e. The van der Waals surface area contributed by atoms with E-state index in [1.807, 2.05) is 0 Å². The number of nitriles is 1. The predicted molar refractivity (Wildman–Crippen MR) is 61.5 cm³/mol. The van der Waals surface area contributed by atoms with Crippen LogP contribution in [0.2, 0.25) is 5.02 Å². The Morgan fingerprint density at radius 1 is 1.53 bits per heavy atom. The largest absolute Gasteiger partial charge is 0.248 e. The molecule has 17 heavy (non-hydrogen) atoms. The van der Waals surface area contributed by atoms with E-state index in [1.54, 1.807) is 13.0 Å². The number of halogens is 2. The summed E-state index contributed by atoms with van der Waals surface area (Å²) in [5.74, 6) is -0.922. The molecule has 0 atom stereocenters. The summed E-state index contributed by atoms with van der Waals surface area (Å²) < 4.78 is 38.5. The van der Waals surface area contributed by atoms with Gasteiger partial charge in [-0.1, -0.05) is 24.6 Å². The number of hydrogen-bond acceptors (Lipinski definition) is 3. The van der Waals surface area contributed by atoms with Gasteiger partial charge in [0.15, 0.2) is 0 Å². The second-order valence-electron chi connectivity index (χ2n) is 3.14. The van der Waals surface area contributed by atoms with Gasteiger partial charge in [-0.3, -0.25) is 0 Å². The van der Waals surface area contributed by atoms with E-state index < -0.39 is 20.7 Å². The minimum atomic E-state index is -4.07. The number of sulfonamides is 1. The first-order valence-corrected chi connectivity index (χ1v) is 6.58. The Hall–Kier alpha value is -1.16. The first-order chi connectivity index (χ1) is 7.95. The van der Waals surface area contributed by atoms with Crippen LogP contribution in [-0.2, 0) is 10.0 Å². The maximum Gasteiger partial charge on any atom is 0.248 e. The van der Waals surface area contributed by atoms with Crippen molar-refractivity contribution in [2.45, 2.75) is 11.8 Å². The zero-order valence-corrected chi connectivity index (χ0v) is 10.6. The van der Waals surface area contributed by atoms with Crippen LogP contribution in [-0.4, -0.2) is 25.8 Å². The molecule has 0 heterocycles.